The molecule has 2 aromatic carbocycles. The second-order valence-electron chi connectivity index (χ2n) is 7.16. The van der Waals surface area contributed by atoms with Gasteiger partial charge in [0.15, 0.2) is 0 Å². The fraction of sp³-hybridized carbons (Fsp3) is 0.417. The molecule has 0 nitrogen and oxygen atoms in total. The van der Waals surface area contributed by atoms with Gasteiger partial charge in [-0.1, -0.05) is 74.9 Å². The molecule has 1 atom stereocenters. The second-order valence-corrected chi connectivity index (χ2v) is 8.62. The van der Waals surface area contributed by atoms with Crippen LogP contribution in [0.1, 0.15) is 64.5 Å². The van der Waals surface area contributed by atoms with Crippen molar-refractivity contribution in [2.75, 3.05) is 0 Å². The van der Waals surface area contributed by atoms with E-state index in [1.165, 1.54) is 41.7 Å². The van der Waals surface area contributed by atoms with Crippen molar-refractivity contribution in [1.29, 1.82) is 0 Å². The Morgan fingerprint density at radius 3 is 2.16 bits per heavy atom. The summed E-state index contributed by atoms with van der Waals surface area (Å²) in [5, 5.41) is 0. The van der Waals surface area contributed by atoms with Gasteiger partial charge in [-0.25, -0.2) is 0 Å². The Bertz CT molecular complexity index is 734. The Hall–Kier alpha value is -1.47. The van der Waals surface area contributed by atoms with E-state index >= 15 is 0 Å². The second kappa shape index (κ2) is 7.83. The highest BCUT2D eigenvalue weighted by Gasteiger charge is 2.41. The largest absolute Gasteiger partial charge is 0.109 e. The Kier molecular flexibility index (Phi) is 5.74. The van der Waals surface area contributed by atoms with Crippen molar-refractivity contribution in [3.8, 4) is 0 Å². The number of fused-ring (bicyclic) bond motifs is 1. The molecule has 0 bridgehead atoms. The van der Waals surface area contributed by atoms with E-state index in [0.717, 1.165) is 5.92 Å². The average molecular weight is 351 g/mol. The molecule has 1 aliphatic carbocycles. The molecular weight excluding hydrogens is 320 g/mol. The lowest BCUT2D eigenvalue weighted by Gasteiger charge is -2.31. The molecule has 2 aliphatic rings. The van der Waals surface area contributed by atoms with Crippen molar-refractivity contribution in [3.05, 3.63) is 71.3 Å². The number of allylic oxidation sites excluding steroid dienone is 1. The van der Waals surface area contributed by atoms with Gasteiger partial charge in [0.05, 0.1) is 4.75 Å². The minimum Gasteiger partial charge on any atom is -0.109 e. The monoisotopic (exact) mass is 350 g/mol. The van der Waals surface area contributed by atoms with Crippen LogP contribution in [0.4, 0.5) is 0 Å². The Labute approximate surface area is 157 Å². The molecule has 1 saturated carbocycles. The lowest BCUT2D eigenvalue weighted by atomic mass is 9.78. The van der Waals surface area contributed by atoms with E-state index < -0.39 is 0 Å². The quantitative estimate of drug-likeness (QED) is 0.508. The predicted molar refractivity (Wildman–Crippen MR) is 112 cm³/mol. The molecule has 0 spiro atoms. The molecule has 4 rings (SSSR count). The van der Waals surface area contributed by atoms with E-state index in [-0.39, 0.29) is 4.75 Å². The molecule has 1 heterocycles. The van der Waals surface area contributed by atoms with Crippen LogP contribution in [0.2, 0.25) is 0 Å². The van der Waals surface area contributed by atoms with E-state index in [1.807, 2.05) is 25.6 Å². The number of rotatable bonds is 1. The number of hydrogen-bond donors (Lipinski definition) is 0. The van der Waals surface area contributed by atoms with Gasteiger partial charge >= 0.3 is 0 Å². The van der Waals surface area contributed by atoms with E-state index in [1.54, 1.807) is 11.1 Å². The molecule has 2 aromatic rings. The van der Waals surface area contributed by atoms with Crippen LogP contribution in [-0.2, 0) is 4.75 Å². The maximum atomic E-state index is 2.42. The third-order valence-electron chi connectivity index (χ3n) is 5.50. The highest BCUT2D eigenvalue weighted by atomic mass is 32.2. The third kappa shape index (κ3) is 3.44. The first kappa shape index (κ1) is 18.3. The molecule has 1 fully saturated rings. The lowest BCUT2D eigenvalue weighted by molar-refractivity contribution is 0.443. The van der Waals surface area contributed by atoms with Crippen molar-refractivity contribution in [3.63, 3.8) is 0 Å². The summed E-state index contributed by atoms with van der Waals surface area (Å²) in [6.07, 6.45) is 5.23. The molecule has 1 unspecified atom stereocenters. The van der Waals surface area contributed by atoms with Crippen LogP contribution in [0.25, 0.3) is 5.57 Å². The number of thioether (sulfide) groups is 1. The van der Waals surface area contributed by atoms with E-state index in [2.05, 4.69) is 68.4 Å². The van der Waals surface area contributed by atoms with Crippen LogP contribution in [0.3, 0.4) is 0 Å². The molecule has 1 heteroatoms. The Morgan fingerprint density at radius 1 is 0.880 bits per heavy atom. The fourth-order valence-electron chi connectivity index (χ4n) is 4.14. The van der Waals surface area contributed by atoms with Gasteiger partial charge in [-0.05, 0) is 61.3 Å². The standard InChI is InChI=1S/C22H24S.C2H6/c1-16-12-14-17(15-13-16)21-19-10-6-7-11-20(19)23-22(21,2)18-8-4-3-5-9-18;1-2/h3-11,16H,12-15H2,1-2H3;1-2H3. The van der Waals surface area contributed by atoms with Gasteiger partial charge in [-0.15, -0.1) is 11.8 Å². The smallest absolute Gasteiger partial charge is 0.0681 e. The molecule has 25 heavy (non-hydrogen) atoms. The molecule has 0 N–H and O–H groups in total. The van der Waals surface area contributed by atoms with Crippen LogP contribution >= 0.6 is 11.8 Å². The van der Waals surface area contributed by atoms with Gasteiger partial charge < -0.3 is 0 Å². The first-order valence-electron chi connectivity index (χ1n) is 9.75. The van der Waals surface area contributed by atoms with Gasteiger partial charge in [0.1, 0.15) is 0 Å². The number of hydrogen-bond acceptors (Lipinski definition) is 1. The van der Waals surface area contributed by atoms with Gasteiger partial charge in [-0.2, -0.15) is 0 Å². The zero-order valence-corrected chi connectivity index (χ0v) is 16.8. The van der Waals surface area contributed by atoms with Crippen LogP contribution in [0.15, 0.2) is 65.1 Å². The zero-order valence-electron chi connectivity index (χ0n) is 16.0. The third-order valence-corrected chi connectivity index (χ3v) is 6.93. The normalized spacial score (nSPS) is 25.2. The van der Waals surface area contributed by atoms with Crippen molar-refractivity contribution in [2.45, 2.75) is 63.0 Å². The first-order chi connectivity index (χ1) is 12.2. The summed E-state index contributed by atoms with van der Waals surface area (Å²) in [6, 6.07) is 20.1. The summed E-state index contributed by atoms with van der Waals surface area (Å²) in [5.41, 5.74) is 6.22. The van der Waals surface area contributed by atoms with Gasteiger partial charge in [0.2, 0.25) is 0 Å². The summed E-state index contributed by atoms with van der Waals surface area (Å²) in [6.45, 7) is 8.82. The SMILES string of the molecule is CC.CC1CCC(=C2c3ccccc3SC2(C)c2ccccc2)CC1. The summed E-state index contributed by atoms with van der Waals surface area (Å²) in [5.74, 6) is 0.881. The molecule has 1 aliphatic heterocycles. The van der Waals surface area contributed by atoms with Gasteiger partial charge in [0, 0.05) is 4.90 Å². The van der Waals surface area contributed by atoms with E-state index in [0.29, 0.717) is 0 Å². The molecule has 0 aromatic heterocycles. The summed E-state index contributed by atoms with van der Waals surface area (Å²) in [7, 11) is 0. The molecule has 132 valence electrons. The highest BCUT2D eigenvalue weighted by molar-refractivity contribution is 8.01. The molecule has 0 amide bonds. The van der Waals surface area contributed by atoms with Crippen molar-refractivity contribution in [1.82, 2.24) is 0 Å². The maximum absolute atomic E-state index is 2.42. The lowest BCUT2D eigenvalue weighted by Crippen LogP contribution is -2.18. The van der Waals surface area contributed by atoms with Crippen molar-refractivity contribution < 1.29 is 0 Å². The Morgan fingerprint density at radius 2 is 1.48 bits per heavy atom. The minimum absolute atomic E-state index is 0.0564. The molecule has 0 saturated heterocycles. The predicted octanol–water partition coefficient (Wildman–Crippen LogP) is 7.70. The minimum atomic E-state index is 0.0564. The van der Waals surface area contributed by atoms with E-state index in [4.69, 9.17) is 0 Å². The number of benzene rings is 2. The first-order valence-corrected chi connectivity index (χ1v) is 10.6. The van der Waals surface area contributed by atoms with Crippen LogP contribution < -0.4 is 0 Å². The van der Waals surface area contributed by atoms with Gasteiger partial charge in [0.25, 0.3) is 0 Å². The Balaban J connectivity index is 0.000000880. The van der Waals surface area contributed by atoms with Crippen LogP contribution in [0.5, 0.6) is 0 Å². The van der Waals surface area contributed by atoms with Gasteiger partial charge in [-0.3, -0.25) is 0 Å². The summed E-state index contributed by atoms with van der Waals surface area (Å²) < 4.78 is 0.0564. The van der Waals surface area contributed by atoms with Crippen molar-refractivity contribution >= 4 is 17.3 Å². The highest BCUT2D eigenvalue weighted by Crippen LogP contribution is 2.60. The average Bonchev–Trinajstić information content (AvgIpc) is 2.98. The summed E-state index contributed by atoms with van der Waals surface area (Å²) in [4.78, 5) is 1.44. The summed E-state index contributed by atoms with van der Waals surface area (Å²) >= 11 is 2.04. The fourth-order valence-corrected chi connectivity index (χ4v) is 5.61. The van der Waals surface area contributed by atoms with E-state index in [9.17, 15) is 0 Å². The molecular formula is C24H30S. The maximum Gasteiger partial charge on any atom is 0.0681 e. The van der Waals surface area contributed by atoms with Crippen LogP contribution in [0, 0.1) is 5.92 Å². The topological polar surface area (TPSA) is 0 Å². The van der Waals surface area contributed by atoms with Crippen molar-refractivity contribution in [2.24, 2.45) is 5.92 Å². The van der Waals surface area contributed by atoms with Crippen LogP contribution in [-0.4, -0.2) is 0 Å². The zero-order chi connectivity index (χ0) is 17.9. The molecule has 0 radical (unpaired) electrons.